The van der Waals surface area contributed by atoms with Crippen LogP contribution >= 0.6 is 0 Å². The molecule has 0 spiro atoms. The van der Waals surface area contributed by atoms with Gasteiger partial charge in [0, 0.05) is 32.2 Å². The summed E-state index contributed by atoms with van der Waals surface area (Å²) in [5.74, 6) is 0.867. The first-order valence-electron chi connectivity index (χ1n) is 10.4. The maximum atomic E-state index is 14.0. The van der Waals surface area contributed by atoms with Crippen LogP contribution in [0.25, 0.3) is 0 Å². The van der Waals surface area contributed by atoms with Gasteiger partial charge in [0.05, 0.1) is 5.69 Å². The van der Waals surface area contributed by atoms with Crippen LogP contribution in [0.3, 0.4) is 0 Å². The van der Waals surface area contributed by atoms with Crippen LogP contribution in [0.5, 0.6) is 0 Å². The Morgan fingerprint density at radius 2 is 1.79 bits per heavy atom. The van der Waals surface area contributed by atoms with Gasteiger partial charge in [0.1, 0.15) is 50.0 Å². The predicted octanol–water partition coefficient (Wildman–Crippen LogP) is -1.25. The number of quaternary nitrogens is 2. The quantitative estimate of drug-likeness (QED) is 0.656. The second-order valence-corrected chi connectivity index (χ2v) is 8.10. The number of benzene rings is 1. The van der Waals surface area contributed by atoms with Crippen LogP contribution in [0.2, 0.25) is 0 Å². The third-order valence-electron chi connectivity index (χ3n) is 6.00. The van der Waals surface area contributed by atoms with E-state index in [0.717, 1.165) is 44.2 Å². The monoisotopic (exact) mass is 403 g/mol. The minimum absolute atomic E-state index is 0.196. The Morgan fingerprint density at radius 3 is 2.45 bits per heavy atom. The van der Waals surface area contributed by atoms with Crippen molar-refractivity contribution in [3.63, 3.8) is 0 Å². The molecule has 29 heavy (non-hydrogen) atoms. The Hall–Kier alpha value is -2.45. The molecule has 0 aliphatic carbocycles. The van der Waals surface area contributed by atoms with E-state index in [1.54, 1.807) is 12.1 Å². The molecule has 3 heterocycles. The van der Waals surface area contributed by atoms with Crippen molar-refractivity contribution in [3.8, 4) is 0 Å². The van der Waals surface area contributed by atoms with Crippen molar-refractivity contribution < 1.29 is 23.5 Å². The molecule has 0 bridgehead atoms. The lowest BCUT2D eigenvalue weighted by Crippen LogP contribution is -3.28. The average molecular weight is 404 g/mol. The number of anilines is 1. The van der Waals surface area contributed by atoms with Crippen molar-refractivity contribution in [2.24, 2.45) is 0 Å². The van der Waals surface area contributed by atoms with Crippen LogP contribution in [0.1, 0.15) is 11.5 Å². The van der Waals surface area contributed by atoms with Crippen LogP contribution < -0.4 is 14.7 Å². The molecule has 2 fully saturated rings. The first kappa shape index (κ1) is 19.8. The molecule has 1 aromatic heterocycles. The second-order valence-electron chi connectivity index (χ2n) is 8.10. The lowest BCUT2D eigenvalue weighted by molar-refractivity contribution is -1.02. The molecular weight excluding hydrogens is 373 g/mol. The summed E-state index contributed by atoms with van der Waals surface area (Å²) in [6.45, 7) is 10.1. The number of aromatic nitrogens is 1. The lowest BCUT2D eigenvalue weighted by atomic mass is 10.2. The molecule has 4 rings (SSSR count). The normalized spacial score (nSPS) is 22.7. The van der Waals surface area contributed by atoms with Gasteiger partial charge in [-0.3, -0.25) is 4.79 Å². The number of rotatable bonds is 5. The third kappa shape index (κ3) is 4.94. The Balaban J connectivity index is 1.20. The Kier molecular flexibility index (Phi) is 6.10. The van der Waals surface area contributed by atoms with Gasteiger partial charge in [-0.25, -0.2) is 4.39 Å². The van der Waals surface area contributed by atoms with Gasteiger partial charge >= 0.3 is 0 Å². The first-order chi connectivity index (χ1) is 14.1. The topological polar surface area (TPSA) is 58.5 Å². The Morgan fingerprint density at radius 1 is 1.10 bits per heavy atom. The molecule has 0 saturated carbocycles. The summed E-state index contributed by atoms with van der Waals surface area (Å²) < 4.78 is 19.1. The van der Waals surface area contributed by atoms with E-state index in [-0.39, 0.29) is 11.7 Å². The summed E-state index contributed by atoms with van der Waals surface area (Å²) in [4.78, 5) is 19.5. The van der Waals surface area contributed by atoms with Crippen molar-refractivity contribution in [2.75, 3.05) is 63.8 Å². The zero-order valence-electron chi connectivity index (χ0n) is 17.0. The van der Waals surface area contributed by atoms with Gasteiger partial charge < -0.3 is 24.1 Å². The molecule has 156 valence electrons. The molecule has 2 N–H and O–H groups in total. The number of nitrogens with one attached hydrogen (secondary N) is 2. The second kappa shape index (κ2) is 8.92. The molecule has 1 aromatic carbocycles. The predicted molar refractivity (Wildman–Crippen MR) is 106 cm³/mol. The highest BCUT2D eigenvalue weighted by molar-refractivity contribution is 5.77. The first-order valence-corrected chi connectivity index (χ1v) is 10.4. The van der Waals surface area contributed by atoms with Crippen LogP contribution in [-0.2, 0) is 11.3 Å². The number of carbonyl (C=O) groups is 1. The number of amides is 1. The number of piperazine rings is 2. The number of hydrogen-bond donors (Lipinski definition) is 2. The fraction of sp³-hybridized carbons (Fsp3) is 0.524. The number of carbonyl (C=O) groups excluding carboxylic acids is 1. The SMILES string of the molecule is Cc1cc(C[NH+]2CC[NH+](CC(=O)N3CCN(c4ccccc4F)CC3)CC2)no1. The molecule has 0 atom stereocenters. The van der Waals surface area contributed by atoms with Gasteiger partial charge in [0.2, 0.25) is 0 Å². The van der Waals surface area contributed by atoms with Gasteiger partial charge in [-0.1, -0.05) is 17.3 Å². The fourth-order valence-electron chi connectivity index (χ4n) is 4.30. The van der Waals surface area contributed by atoms with Crippen molar-refractivity contribution >= 4 is 11.6 Å². The summed E-state index contributed by atoms with van der Waals surface area (Å²) in [7, 11) is 0. The maximum absolute atomic E-state index is 14.0. The van der Waals surface area contributed by atoms with Crippen LogP contribution in [-0.4, -0.2) is 74.9 Å². The van der Waals surface area contributed by atoms with Gasteiger partial charge in [-0.15, -0.1) is 0 Å². The van der Waals surface area contributed by atoms with Gasteiger partial charge in [-0.05, 0) is 19.1 Å². The number of nitrogens with zero attached hydrogens (tertiary/aromatic N) is 3. The molecule has 7 nitrogen and oxygen atoms in total. The number of para-hydroxylation sites is 1. The van der Waals surface area contributed by atoms with Crippen molar-refractivity contribution in [3.05, 3.63) is 47.6 Å². The van der Waals surface area contributed by atoms with Gasteiger partial charge in [0.15, 0.2) is 6.54 Å². The fourth-order valence-corrected chi connectivity index (χ4v) is 4.30. The molecule has 0 unspecified atom stereocenters. The molecule has 0 radical (unpaired) electrons. The summed E-state index contributed by atoms with van der Waals surface area (Å²) in [6, 6.07) is 8.85. The minimum Gasteiger partial charge on any atom is -0.366 e. The third-order valence-corrected chi connectivity index (χ3v) is 6.00. The summed E-state index contributed by atoms with van der Waals surface area (Å²) >= 11 is 0. The zero-order valence-corrected chi connectivity index (χ0v) is 17.0. The van der Waals surface area contributed by atoms with Crippen LogP contribution in [0.15, 0.2) is 34.9 Å². The largest absolute Gasteiger partial charge is 0.366 e. The van der Waals surface area contributed by atoms with Crippen molar-refractivity contribution in [1.82, 2.24) is 10.1 Å². The highest BCUT2D eigenvalue weighted by atomic mass is 19.1. The van der Waals surface area contributed by atoms with E-state index in [2.05, 4.69) is 5.16 Å². The number of aryl methyl sites for hydroxylation is 1. The van der Waals surface area contributed by atoms with Gasteiger partial charge in [0.25, 0.3) is 5.91 Å². The van der Waals surface area contributed by atoms with E-state index in [1.807, 2.05) is 28.9 Å². The van der Waals surface area contributed by atoms with Gasteiger partial charge in [-0.2, -0.15) is 0 Å². The number of halogens is 1. The Bertz CT molecular complexity index is 826. The highest BCUT2D eigenvalue weighted by Gasteiger charge is 2.29. The molecule has 2 aliphatic heterocycles. The summed E-state index contributed by atoms with van der Waals surface area (Å²) in [6.07, 6.45) is 0. The molecule has 2 aliphatic rings. The molecule has 8 heteroatoms. The van der Waals surface area contributed by atoms with E-state index in [0.29, 0.717) is 38.4 Å². The van der Waals surface area contributed by atoms with E-state index in [1.165, 1.54) is 15.9 Å². The van der Waals surface area contributed by atoms with E-state index >= 15 is 0 Å². The molecular formula is C21H30FN5O2+2. The zero-order chi connectivity index (χ0) is 20.2. The molecule has 2 aromatic rings. The molecule has 1 amide bonds. The smallest absolute Gasteiger partial charge is 0.277 e. The van der Waals surface area contributed by atoms with Crippen LogP contribution in [0.4, 0.5) is 10.1 Å². The Labute approximate surface area is 170 Å². The maximum Gasteiger partial charge on any atom is 0.277 e. The highest BCUT2D eigenvalue weighted by Crippen LogP contribution is 2.20. The van der Waals surface area contributed by atoms with Crippen LogP contribution in [0, 0.1) is 12.7 Å². The minimum atomic E-state index is -0.196. The summed E-state index contributed by atoms with van der Waals surface area (Å²) in [5, 5.41) is 4.08. The average Bonchev–Trinajstić information content (AvgIpc) is 3.14. The van der Waals surface area contributed by atoms with Crippen molar-refractivity contribution in [2.45, 2.75) is 13.5 Å². The van der Waals surface area contributed by atoms with Crippen molar-refractivity contribution in [1.29, 1.82) is 0 Å². The van der Waals surface area contributed by atoms with E-state index in [9.17, 15) is 9.18 Å². The van der Waals surface area contributed by atoms with E-state index < -0.39 is 0 Å². The lowest BCUT2D eigenvalue weighted by Gasteiger charge is -2.37. The molecule has 2 saturated heterocycles. The van der Waals surface area contributed by atoms with E-state index in [4.69, 9.17) is 4.52 Å². The standard InChI is InChI=1S/C21H28FN5O2/c1-17-14-18(23-29-17)15-24-6-8-25(9-7-24)16-21(28)27-12-10-26(11-13-27)20-5-3-2-4-19(20)22/h2-5,14H,6-13,15-16H2,1H3/p+2. The number of hydrogen-bond acceptors (Lipinski definition) is 4. The summed E-state index contributed by atoms with van der Waals surface area (Å²) in [5.41, 5.74) is 1.64.